The Kier molecular flexibility index (Phi) is 4.68. The first-order valence-electron chi connectivity index (χ1n) is 5.98. The maximum Gasteiger partial charge on any atom is 0.138 e. The number of methoxy groups -OCH3 is 1. The summed E-state index contributed by atoms with van der Waals surface area (Å²) in [5.41, 5.74) is 8.18. The minimum absolute atomic E-state index is 0.280. The maximum atomic E-state index is 13.7. The van der Waals surface area contributed by atoms with Crippen molar-refractivity contribution < 1.29 is 9.13 Å². The Labute approximate surface area is 130 Å². The lowest BCUT2D eigenvalue weighted by molar-refractivity contribution is 0.405. The molecule has 0 spiro atoms. The average molecular weight is 359 g/mol. The summed E-state index contributed by atoms with van der Waals surface area (Å²) in [5, 5.41) is 0.538. The normalized spacial score (nSPS) is 12.3. The Balaban J connectivity index is 2.52. The highest BCUT2D eigenvalue weighted by molar-refractivity contribution is 9.10. The number of nitrogens with two attached hydrogens (primary N) is 1. The van der Waals surface area contributed by atoms with Crippen LogP contribution in [-0.2, 0) is 0 Å². The van der Waals surface area contributed by atoms with Gasteiger partial charge >= 0.3 is 0 Å². The number of hydrogen-bond acceptors (Lipinski definition) is 2. The van der Waals surface area contributed by atoms with Crippen LogP contribution in [0.4, 0.5) is 4.39 Å². The summed E-state index contributed by atoms with van der Waals surface area (Å²) in [6, 6.07) is 7.89. The van der Waals surface area contributed by atoms with E-state index in [1.54, 1.807) is 38.3 Å². The van der Waals surface area contributed by atoms with Gasteiger partial charge in [-0.25, -0.2) is 4.39 Å². The molecule has 1 atom stereocenters. The molecule has 2 nitrogen and oxygen atoms in total. The molecule has 1 unspecified atom stereocenters. The van der Waals surface area contributed by atoms with Crippen molar-refractivity contribution in [2.45, 2.75) is 13.0 Å². The molecule has 0 bridgehead atoms. The molecule has 0 aliphatic carbocycles. The Hall–Kier alpha value is -1.10. The van der Waals surface area contributed by atoms with Gasteiger partial charge in [-0.15, -0.1) is 0 Å². The predicted octanol–water partition coefficient (Wildman–Crippen LogP) is 4.61. The van der Waals surface area contributed by atoms with Gasteiger partial charge in [0.1, 0.15) is 11.6 Å². The van der Waals surface area contributed by atoms with Gasteiger partial charge in [0.15, 0.2) is 0 Å². The van der Waals surface area contributed by atoms with Crippen molar-refractivity contribution in [1.29, 1.82) is 0 Å². The highest BCUT2D eigenvalue weighted by Crippen LogP contribution is 2.37. The van der Waals surface area contributed by atoms with E-state index in [9.17, 15) is 4.39 Å². The number of benzene rings is 2. The van der Waals surface area contributed by atoms with Crippen molar-refractivity contribution in [3.63, 3.8) is 0 Å². The first-order chi connectivity index (χ1) is 9.43. The number of hydrogen-bond donors (Lipinski definition) is 1. The van der Waals surface area contributed by atoms with E-state index in [4.69, 9.17) is 22.1 Å². The Morgan fingerprint density at radius 3 is 2.60 bits per heavy atom. The highest BCUT2D eigenvalue weighted by Gasteiger charge is 2.18. The van der Waals surface area contributed by atoms with E-state index >= 15 is 0 Å². The topological polar surface area (TPSA) is 35.2 Å². The zero-order chi connectivity index (χ0) is 14.9. The van der Waals surface area contributed by atoms with Crippen molar-refractivity contribution in [2.75, 3.05) is 7.11 Å². The van der Waals surface area contributed by atoms with Crippen LogP contribution in [-0.4, -0.2) is 7.11 Å². The van der Waals surface area contributed by atoms with Gasteiger partial charge in [-0.1, -0.05) is 23.7 Å². The molecule has 0 saturated heterocycles. The molecule has 106 valence electrons. The summed E-state index contributed by atoms with van der Waals surface area (Å²) < 4.78 is 19.7. The number of halogens is 3. The molecule has 20 heavy (non-hydrogen) atoms. The lowest BCUT2D eigenvalue weighted by Crippen LogP contribution is -2.14. The van der Waals surface area contributed by atoms with Crippen molar-refractivity contribution in [2.24, 2.45) is 5.73 Å². The van der Waals surface area contributed by atoms with Gasteiger partial charge in [-0.05, 0) is 52.2 Å². The summed E-state index contributed by atoms with van der Waals surface area (Å²) in [5.74, 6) is 0.320. The van der Waals surface area contributed by atoms with Crippen molar-refractivity contribution in [3.8, 4) is 5.75 Å². The smallest absolute Gasteiger partial charge is 0.138 e. The van der Waals surface area contributed by atoms with Crippen molar-refractivity contribution >= 4 is 27.5 Å². The van der Waals surface area contributed by atoms with Gasteiger partial charge in [0, 0.05) is 10.6 Å². The quantitative estimate of drug-likeness (QED) is 0.870. The SMILES string of the molecule is COc1c(Br)cc(Cl)cc1C(N)c1ccc(C)c(F)c1. The Morgan fingerprint density at radius 1 is 1.30 bits per heavy atom. The van der Waals surface area contributed by atoms with E-state index in [0.717, 1.165) is 0 Å². The molecule has 0 fully saturated rings. The van der Waals surface area contributed by atoms with E-state index in [1.165, 1.54) is 6.07 Å². The molecule has 0 heterocycles. The van der Waals surface area contributed by atoms with Gasteiger partial charge in [0.05, 0.1) is 17.6 Å². The van der Waals surface area contributed by atoms with E-state index in [-0.39, 0.29) is 5.82 Å². The van der Waals surface area contributed by atoms with Crippen molar-refractivity contribution in [1.82, 2.24) is 0 Å². The van der Waals surface area contributed by atoms with Crippen LogP contribution in [0.3, 0.4) is 0 Å². The lowest BCUT2D eigenvalue weighted by Gasteiger charge is -2.18. The second-order valence-corrected chi connectivity index (χ2v) is 5.79. The van der Waals surface area contributed by atoms with E-state index in [2.05, 4.69) is 15.9 Å². The largest absolute Gasteiger partial charge is 0.495 e. The molecule has 2 N–H and O–H groups in total. The van der Waals surface area contributed by atoms with Gasteiger partial charge in [0.2, 0.25) is 0 Å². The lowest BCUT2D eigenvalue weighted by atomic mass is 9.97. The Bertz CT molecular complexity index is 648. The van der Waals surface area contributed by atoms with Gasteiger partial charge in [-0.3, -0.25) is 0 Å². The average Bonchev–Trinajstić information content (AvgIpc) is 2.40. The zero-order valence-corrected chi connectivity index (χ0v) is 13.4. The third-order valence-corrected chi connectivity index (χ3v) is 3.94. The molecule has 5 heteroatoms. The van der Waals surface area contributed by atoms with Crippen LogP contribution in [0.25, 0.3) is 0 Å². The Morgan fingerprint density at radius 2 is 2.00 bits per heavy atom. The van der Waals surface area contributed by atoms with Crippen molar-refractivity contribution in [3.05, 3.63) is 62.3 Å². The number of aryl methyl sites for hydroxylation is 1. The van der Waals surface area contributed by atoms with Crippen LogP contribution in [0.2, 0.25) is 5.02 Å². The van der Waals surface area contributed by atoms with E-state index in [1.807, 2.05) is 0 Å². The monoisotopic (exact) mass is 357 g/mol. The predicted molar refractivity (Wildman–Crippen MR) is 82.9 cm³/mol. The molecule has 0 aliphatic rings. The van der Waals surface area contributed by atoms with Crippen LogP contribution >= 0.6 is 27.5 Å². The molecular weight excluding hydrogens is 345 g/mol. The van der Waals surface area contributed by atoms with Crippen LogP contribution in [0.5, 0.6) is 5.75 Å². The summed E-state index contributed by atoms with van der Waals surface area (Å²) in [6.07, 6.45) is 0. The van der Waals surface area contributed by atoms with Crippen LogP contribution in [0.1, 0.15) is 22.7 Å². The fourth-order valence-electron chi connectivity index (χ4n) is 2.01. The molecule has 0 aromatic heterocycles. The molecule has 2 rings (SSSR count). The van der Waals surface area contributed by atoms with Crippen LogP contribution in [0, 0.1) is 12.7 Å². The van der Waals surface area contributed by atoms with Gasteiger partial charge in [0.25, 0.3) is 0 Å². The second-order valence-electron chi connectivity index (χ2n) is 4.50. The molecule has 0 radical (unpaired) electrons. The first kappa shape index (κ1) is 15.3. The van der Waals surface area contributed by atoms with E-state index < -0.39 is 6.04 Å². The highest BCUT2D eigenvalue weighted by atomic mass is 79.9. The fourth-order valence-corrected chi connectivity index (χ4v) is 3.00. The number of ether oxygens (including phenoxy) is 1. The summed E-state index contributed by atoms with van der Waals surface area (Å²) in [4.78, 5) is 0. The molecule has 2 aromatic rings. The fraction of sp³-hybridized carbons (Fsp3) is 0.200. The third kappa shape index (κ3) is 2.97. The minimum atomic E-state index is -0.518. The summed E-state index contributed by atoms with van der Waals surface area (Å²) in [7, 11) is 1.56. The van der Waals surface area contributed by atoms with Crippen LogP contribution in [0.15, 0.2) is 34.8 Å². The van der Waals surface area contributed by atoms with Gasteiger partial charge < -0.3 is 10.5 Å². The minimum Gasteiger partial charge on any atom is -0.495 e. The molecular formula is C15H14BrClFNO. The molecule has 0 saturated carbocycles. The summed E-state index contributed by atoms with van der Waals surface area (Å²) in [6.45, 7) is 1.71. The zero-order valence-electron chi connectivity index (χ0n) is 11.1. The maximum absolute atomic E-state index is 13.7. The third-order valence-electron chi connectivity index (χ3n) is 3.13. The number of rotatable bonds is 3. The summed E-state index contributed by atoms with van der Waals surface area (Å²) >= 11 is 9.44. The van der Waals surface area contributed by atoms with Gasteiger partial charge in [-0.2, -0.15) is 0 Å². The molecule has 0 amide bonds. The molecule has 2 aromatic carbocycles. The van der Waals surface area contributed by atoms with E-state index in [0.29, 0.717) is 31.9 Å². The first-order valence-corrected chi connectivity index (χ1v) is 7.15. The second kappa shape index (κ2) is 6.12. The molecule has 0 aliphatic heterocycles. The van der Waals surface area contributed by atoms with Crippen LogP contribution < -0.4 is 10.5 Å². The standard InChI is InChI=1S/C15H14BrClFNO/c1-8-3-4-9(5-13(8)18)14(19)11-6-10(17)7-12(16)15(11)20-2/h3-7,14H,19H2,1-2H3.